The molecule has 1 N–H and O–H groups in total. The van der Waals surface area contributed by atoms with Gasteiger partial charge in [0, 0.05) is 6.92 Å². The summed E-state index contributed by atoms with van der Waals surface area (Å²) in [5, 5.41) is 0. The third-order valence-electron chi connectivity index (χ3n) is 0.413. The van der Waals surface area contributed by atoms with Crippen LogP contribution < -0.4 is 0 Å². The van der Waals surface area contributed by atoms with Crippen LogP contribution in [-0.2, 0) is 0 Å². The van der Waals surface area contributed by atoms with Crippen LogP contribution in [0.3, 0.4) is 0 Å². The lowest BCUT2D eigenvalue weighted by molar-refractivity contribution is 0.595. The molecule has 0 rings (SSSR count). The van der Waals surface area contributed by atoms with Crippen molar-refractivity contribution < 1.29 is 4.55 Å². The Bertz CT molecular complexity index is 46.5. The van der Waals surface area contributed by atoms with E-state index < -0.39 is 0 Å². The molecule has 0 bridgehead atoms. The maximum atomic E-state index is 8.24. The molecule has 0 unspecified atom stereocenters. The zero-order valence-electron chi connectivity index (χ0n) is 4.48. The van der Waals surface area contributed by atoms with Crippen LogP contribution in [-0.4, -0.2) is 10.3 Å². The van der Waals surface area contributed by atoms with Gasteiger partial charge in [0.1, 0.15) is 19.6 Å². The van der Waals surface area contributed by atoms with Gasteiger partial charge in [0.15, 0.2) is 0 Å². The molecule has 7 heavy (non-hydrogen) atoms. The van der Waals surface area contributed by atoms with E-state index >= 15 is 0 Å². The standard InChI is InChI=1S/C5H9OS/c1-5(2,3)4-7-6/h1-2,4H2,3H3/q+1/p+1. The lowest BCUT2D eigenvalue weighted by atomic mass is 10.0. The third kappa shape index (κ3) is 6.05. The van der Waals surface area contributed by atoms with E-state index in [1.165, 1.54) is 0 Å². The smallest absolute Gasteiger partial charge is 0.239 e. The Kier molecular flexibility index (Phi) is 2.40. The van der Waals surface area contributed by atoms with E-state index in [0.29, 0.717) is 5.75 Å². The molecule has 0 aromatic carbocycles. The predicted molar refractivity (Wildman–Crippen MR) is 33.9 cm³/mol. The summed E-state index contributed by atoms with van der Waals surface area (Å²) in [5.41, 5.74) is -0.237. The maximum absolute atomic E-state index is 8.24. The molecule has 0 atom stereocenters. The van der Waals surface area contributed by atoms with Gasteiger partial charge < -0.3 is 4.55 Å². The summed E-state index contributed by atoms with van der Waals surface area (Å²) in [6, 6.07) is 0. The van der Waals surface area contributed by atoms with Gasteiger partial charge in [-0.2, -0.15) is 0 Å². The Morgan fingerprint density at radius 1 is 1.71 bits per heavy atom. The Balaban J connectivity index is 3.15. The van der Waals surface area contributed by atoms with Crippen LogP contribution in [0.5, 0.6) is 0 Å². The van der Waals surface area contributed by atoms with Crippen LogP contribution in [0.25, 0.3) is 0 Å². The fraction of sp³-hybridized carbons (Fsp3) is 0.600. The molecule has 0 aliphatic carbocycles. The van der Waals surface area contributed by atoms with E-state index in [0.717, 1.165) is 12.0 Å². The van der Waals surface area contributed by atoms with Gasteiger partial charge in [-0.3, -0.25) is 0 Å². The van der Waals surface area contributed by atoms with Gasteiger partial charge in [-0.05, 0) is 12.0 Å². The SMILES string of the molecule is [CH2+]C([CH2+])(C)CSO. The minimum atomic E-state index is -0.237. The zero-order valence-corrected chi connectivity index (χ0v) is 5.29. The van der Waals surface area contributed by atoms with Gasteiger partial charge in [-0.15, -0.1) is 0 Å². The molecule has 0 aromatic heterocycles. The fourth-order valence-electron chi connectivity index (χ4n) is 0.156. The molecule has 0 heterocycles. The molecule has 0 saturated carbocycles. The molecule has 0 amide bonds. The fourth-order valence-corrected chi connectivity index (χ4v) is 0.468. The van der Waals surface area contributed by atoms with Crippen LogP contribution in [0.4, 0.5) is 0 Å². The molecule has 0 saturated heterocycles. The Hall–Kier alpha value is 0.0500. The quantitative estimate of drug-likeness (QED) is 0.441. The first-order valence-corrected chi connectivity index (χ1v) is 2.97. The second-order valence-electron chi connectivity index (χ2n) is 2.08. The lowest BCUT2D eigenvalue weighted by Gasteiger charge is -1.97. The van der Waals surface area contributed by atoms with E-state index in [1.54, 1.807) is 0 Å². The topological polar surface area (TPSA) is 20.2 Å². The summed E-state index contributed by atoms with van der Waals surface area (Å²) in [6.07, 6.45) is 0. The highest BCUT2D eigenvalue weighted by atomic mass is 32.2. The summed E-state index contributed by atoms with van der Waals surface area (Å²) in [6.45, 7) is 9.21. The van der Waals surface area contributed by atoms with Crippen molar-refractivity contribution in [3.05, 3.63) is 13.8 Å². The highest BCUT2D eigenvalue weighted by molar-refractivity contribution is 7.93. The average molecular weight is 118 g/mol. The van der Waals surface area contributed by atoms with Crippen molar-refractivity contribution in [2.75, 3.05) is 5.75 Å². The van der Waals surface area contributed by atoms with Crippen molar-refractivity contribution in [1.82, 2.24) is 0 Å². The lowest BCUT2D eigenvalue weighted by Crippen LogP contribution is -2.08. The maximum Gasteiger partial charge on any atom is 0.239 e. The van der Waals surface area contributed by atoms with E-state index in [4.69, 9.17) is 4.55 Å². The minimum absolute atomic E-state index is 0.237. The molecular weight excluding hydrogens is 108 g/mol. The van der Waals surface area contributed by atoms with Crippen LogP contribution in [0.2, 0.25) is 0 Å². The summed E-state index contributed by atoms with van der Waals surface area (Å²) in [7, 11) is 0. The van der Waals surface area contributed by atoms with Crippen LogP contribution in [0, 0.1) is 19.3 Å². The third-order valence-corrected chi connectivity index (χ3v) is 1.24. The normalized spacial score (nSPS) is 11.7. The first-order chi connectivity index (χ1) is 3.06. The molecular formula is C5H10OS+2. The largest absolute Gasteiger partial charge is 0.330 e. The van der Waals surface area contributed by atoms with Gasteiger partial charge >= 0.3 is 0 Å². The van der Waals surface area contributed by atoms with Crippen LogP contribution >= 0.6 is 12.0 Å². The van der Waals surface area contributed by atoms with Crippen molar-refractivity contribution in [3.8, 4) is 0 Å². The van der Waals surface area contributed by atoms with Crippen molar-refractivity contribution >= 4 is 12.0 Å². The van der Waals surface area contributed by atoms with Crippen molar-refractivity contribution in [2.45, 2.75) is 6.92 Å². The second kappa shape index (κ2) is 2.38. The highest BCUT2D eigenvalue weighted by Gasteiger charge is 2.25. The molecule has 0 aromatic rings. The van der Waals surface area contributed by atoms with Crippen LogP contribution in [0.1, 0.15) is 6.92 Å². The Labute approximate surface area is 49.3 Å². The molecule has 0 aliphatic rings. The van der Waals surface area contributed by atoms with Gasteiger partial charge in [0.05, 0.1) is 0 Å². The van der Waals surface area contributed by atoms with Gasteiger partial charge in [0.2, 0.25) is 5.41 Å². The molecule has 2 heteroatoms. The summed E-state index contributed by atoms with van der Waals surface area (Å²) in [4.78, 5) is 0. The van der Waals surface area contributed by atoms with E-state index in [2.05, 4.69) is 13.8 Å². The summed E-state index contributed by atoms with van der Waals surface area (Å²) >= 11 is 0.784. The van der Waals surface area contributed by atoms with Crippen molar-refractivity contribution in [2.24, 2.45) is 5.41 Å². The Morgan fingerprint density at radius 2 is 2.14 bits per heavy atom. The molecule has 0 aliphatic heterocycles. The molecule has 0 spiro atoms. The minimum Gasteiger partial charge on any atom is -0.330 e. The number of hydrogen-bond donors (Lipinski definition) is 1. The van der Waals surface area contributed by atoms with Gasteiger partial charge in [0.25, 0.3) is 0 Å². The van der Waals surface area contributed by atoms with E-state index in [9.17, 15) is 0 Å². The molecule has 0 fully saturated rings. The first kappa shape index (κ1) is 7.05. The average Bonchev–Trinajstić information content (AvgIpc) is 1.30. The predicted octanol–water partition coefficient (Wildman–Crippen LogP) is 1.87. The van der Waals surface area contributed by atoms with Crippen LogP contribution in [0.15, 0.2) is 0 Å². The van der Waals surface area contributed by atoms with E-state index in [-0.39, 0.29) is 5.41 Å². The molecule has 40 valence electrons. The Morgan fingerprint density at radius 3 is 2.14 bits per heavy atom. The summed E-state index contributed by atoms with van der Waals surface area (Å²) < 4.78 is 8.24. The first-order valence-electron chi connectivity index (χ1n) is 2.03. The number of rotatable bonds is 2. The zero-order chi connectivity index (χ0) is 5.91. The van der Waals surface area contributed by atoms with Crippen molar-refractivity contribution in [3.63, 3.8) is 0 Å². The van der Waals surface area contributed by atoms with Crippen molar-refractivity contribution in [1.29, 1.82) is 0 Å². The van der Waals surface area contributed by atoms with Gasteiger partial charge in [-0.1, -0.05) is 0 Å². The monoisotopic (exact) mass is 118 g/mol. The summed E-state index contributed by atoms with van der Waals surface area (Å²) in [5.74, 6) is 0.590. The number of hydrogen-bond acceptors (Lipinski definition) is 2. The second-order valence-corrected chi connectivity index (χ2v) is 2.63. The molecule has 1 nitrogen and oxygen atoms in total. The van der Waals surface area contributed by atoms with E-state index in [1.807, 2.05) is 6.92 Å². The molecule has 0 radical (unpaired) electrons. The van der Waals surface area contributed by atoms with Gasteiger partial charge in [-0.25, -0.2) is 0 Å². The highest BCUT2D eigenvalue weighted by Crippen LogP contribution is 2.16.